The Kier molecular flexibility index (Phi) is 4.54. The highest BCUT2D eigenvalue weighted by molar-refractivity contribution is 5.86. The highest BCUT2D eigenvalue weighted by Crippen LogP contribution is 2.30. The third kappa shape index (κ3) is 3.32. The number of likely N-dealkylation sites (tertiary alicyclic amines) is 1. The summed E-state index contributed by atoms with van der Waals surface area (Å²) < 4.78 is 10.9. The van der Waals surface area contributed by atoms with Gasteiger partial charge < -0.3 is 24.6 Å². The molecule has 1 unspecified atom stereocenters. The molecular weight excluding hydrogens is 302 g/mol. The number of carbonyl (C=O) groups excluding carboxylic acids is 3. The van der Waals surface area contributed by atoms with Crippen molar-refractivity contribution >= 4 is 17.7 Å². The molecule has 3 fully saturated rings. The predicted molar refractivity (Wildman–Crippen MR) is 79.3 cm³/mol. The number of rotatable bonds is 3. The van der Waals surface area contributed by atoms with Crippen LogP contribution in [0.25, 0.3) is 0 Å². The highest BCUT2D eigenvalue weighted by atomic mass is 16.5. The van der Waals surface area contributed by atoms with Crippen molar-refractivity contribution in [1.29, 1.82) is 0 Å². The fraction of sp³-hybridized carbons (Fsp3) is 0.800. The molecule has 1 atom stereocenters. The van der Waals surface area contributed by atoms with Crippen LogP contribution in [0.15, 0.2) is 0 Å². The van der Waals surface area contributed by atoms with Gasteiger partial charge in [-0.2, -0.15) is 0 Å². The van der Waals surface area contributed by atoms with Gasteiger partial charge in [-0.25, -0.2) is 0 Å². The van der Waals surface area contributed by atoms with E-state index in [9.17, 15) is 14.4 Å². The number of hydrogen-bond acceptors (Lipinski definition) is 5. The van der Waals surface area contributed by atoms with Gasteiger partial charge in [0.15, 0.2) is 0 Å². The van der Waals surface area contributed by atoms with E-state index in [-0.39, 0.29) is 37.0 Å². The average molecular weight is 325 g/mol. The van der Waals surface area contributed by atoms with Crippen LogP contribution < -0.4 is 5.32 Å². The predicted octanol–water partition coefficient (Wildman–Crippen LogP) is -0.911. The van der Waals surface area contributed by atoms with Crippen molar-refractivity contribution in [3.8, 4) is 0 Å². The topological polar surface area (TPSA) is 88.2 Å². The number of morpholine rings is 1. The lowest BCUT2D eigenvalue weighted by Gasteiger charge is -2.39. The van der Waals surface area contributed by atoms with E-state index in [1.165, 1.54) is 4.90 Å². The minimum absolute atomic E-state index is 0.0503. The Morgan fingerprint density at radius 3 is 2.65 bits per heavy atom. The number of nitrogens with zero attached hydrogens (tertiary/aromatic N) is 2. The summed E-state index contributed by atoms with van der Waals surface area (Å²) in [5, 5.41) is 2.94. The van der Waals surface area contributed by atoms with Gasteiger partial charge in [-0.05, 0) is 6.42 Å². The molecule has 3 heterocycles. The zero-order chi connectivity index (χ0) is 16.4. The molecule has 3 rings (SSSR count). The second-order valence-corrected chi connectivity index (χ2v) is 6.25. The lowest BCUT2D eigenvalue weighted by molar-refractivity contribution is -0.151. The summed E-state index contributed by atoms with van der Waals surface area (Å²) in [6, 6.07) is 0. The van der Waals surface area contributed by atoms with Crippen molar-refractivity contribution < 1.29 is 23.9 Å². The first-order valence-electron chi connectivity index (χ1n) is 8.16. The van der Waals surface area contributed by atoms with E-state index in [1.807, 2.05) is 6.92 Å². The second-order valence-electron chi connectivity index (χ2n) is 6.25. The van der Waals surface area contributed by atoms with Gasteiger partial charge >= 0.3 is 0 Å². The third-order valence-corrected chi connectivity index (χ3v) is 4.72. The fourth-order valence-electron chi connectivity index (χ4n) is 3.27. The van der Waals surface area contributed by atoms with Crippen LogP contribution in [0.3, 0.4) is 0 Å². The summed E-state index contributed by atoms with van der Waals surface area (Å²) >= 11 is 0. The normalized spacial score (nSPS) is 27.4. The molecule has 128 valence electrons. The van der Waals surface area contributed by atoms with Crippen molar-refractivity contribution in [1.82, 2.24) is 15.1 Å². The summed E-state index contributed by atoms with van der Waals surface area (Å²) in [4.78, 5) is 39.1. The van der Waals surface area contributed by atoms with Gasteiger partial charge in [0.25, 0.3) is 5.91 Å². The molecule has 1 spiro atoms. The van der Waals surface area contributed by atoms with Gasteiger partial charge in [-0.15, -0.1) is 0 Å². The molecule has 0 bridgehead atoms. The molecule has 3 aliphatic rings. The van der Waals surface area contributed by atoms with Crippen LogP contribution in [0.1, 0.15) is 26.2 Å². The Bertz CT molecular complexity index is 501. The smallest absolute Gasteiger partial charge is 0.251 e. The zero-order valence-electron chi connectivity index (χ0n) is 13.4. The number of amides is 3. The first kappa shape index (κ1) is 16.2. The van der Waals surface area contributed by atoms with Crippen LogP contribution in [-0.2, 0) is 23.9 Å². The maximum atomic E-state index is 12.4. The molecule has 0 aliphatic carbocycles. The van der Waals surface area contributed by atoms with E-state index < -0.39 is 5.72 Å². The van der Waals surface area contributed by atoms with Gasteiger partial charge in [-0.1, -0.05) is 6.92 Å². The van der Waals surface area contributed by atoms with Gasteiger partial charge in [0, 0.05) is 32.5 Å². The van der Waals surface area contributed by atoms with E-state index in [4.69, 9.17) is 9.47 Å². The Labute approximate surface area is 135 Å². The molecule has 0 radical (unpaired) electrons. The highest BCUT2D eigenvalue weighted by Gasteiger charge is 2.46. The third-order valence-electron chi connectivity index (χ3n) is 4.72. The second kappa shape index (κ2) is 6.45. The standard InChI is InChI=1S/C15H23N3O5/c1-2-11-14(21)16-15(23-11)3-5-17(6-4-15)12(19)9-18-7-8-22-10-13(18)20/h11H,2-10H2,1H3,(H,16,21). The number of ether oxygens (including phenoxy) is 2. The van der Waals surface area contributed by atoms with E-state index in [0.29, 0.717) is 45.5 Å². The van der Waals surface area contributed by atoms with Crippen molar-refractivity contribution in [2.45, 2.75) is 38.0 Å². The van der Waals surface area contributed by atoms with Crippen LogP contribution in [0.2, 0.25) is 0 Å². The summed E-state index contributed by atoms with van der Waals surface area (Å²) in [5.41, 5.74) is -0.622. The van der Waals surface area contributed by atoms with E-state index in [2.05, 4.69) is 5.32 Å². The fourth-order valence-corrected chi connectivity index (χ4v) is 3.27. The molecule has 23 heavy (non-hydrogen) atoms. The molecule has 3 amide bonds. The molecule has 0 aromatic rings. The molecule has 3 aliphatic heterocycles. The van der Waals surface area contributed by atoms with Crippen LogP contribution in [0.4, 0.5) is 0 Å². The maximum absolute atomic E-state index is 12.4. The number of piperidine rings is 1. The number of carbonyl (C=O) groups is 3. The van der Waals surface area contributed by atoms with Gasteiger partial charge in [0.1, 0.15) is 18.4 Å². The lowest BCUT2D eigenvalue weighted by atomic mass is 10.0. The quantitative estimate of drug-likeness (QED) is 0.726. The SMILES string of the molecule is CCC1OC2(CCN(C(=O)CN3CCOCC3=O)CC2)NC1=O. The monoisotopic (exact) mass is 325 g/mol. The summed E-state index contributed by atoms with van der Waals surface area (Å²) in [6.45, 7) is 4.04. The number of hydrogen-bond donors (Lipinski definition) is 1. The van der Waals surface area contributed by atoms with E-state index in [1.54, 1.807) is 4.90 Å². The first-order chi connectivity index (χ1) is 11.0. The summed E-state index contributed by atoms with van der Waals surface area (Å²) in [6.07, 6.45) is 1.43. The van der Waals surface area contributed by atoms with Crippen molar-refractivity contribution in [3.05, 3.63) is 0 Å². The first-order valence-corrected chi connectivity index (χ1v) is 8.16. The lowest BCUT2D eigenvalue weighted by Crippen LogP contribution is -2.55. The Morgan fingerprint density at radius 1 is 1.30 bits per heavy atom. The molecule has 8 heteroatoms. The molecule has 0 saturated carbocycles. The van der Waals surface area contributed by atoms with Crippen LogP contribution in [-0.4, -0.2) is 78.7 Å². The Balaban J connectivity index is 1.52. The van der Waals surface area contributed by atoms with E-state index in [0.717, 1.165) is 0 Å². The van der Waals surface area contributed by atoms with Crippen molar-refractivity contribution in [2.75, 3.05) is 39.4 Å². The molecule has 0 aromatic carbocycles. The summed E-state index contributed by atoms with van der Waals surface area (Å²) in [7, 11) is 0. The molecular formula is C15H23N3O5. The summed E-state index contributed by atoms with van der Waals surface area (Å²) in [5.74, 6) is -0.270. The van der Waals surface area contributed by atoms with Crippen LogP contribution >= 0.6 is 0 Å². The van der Waals surface area contributed by atoms with Crippen LogP contribution in [0.5, 0.6) is 0 Å². The molecule has 3 saturated heterocycles. The minimum atomic E-state index is -0.622. The maximum Gasteiger partial charge on any atom is 0.251 e. The molecule has 0 aromatic heterocycles. The Morgan fingerprint density at radius 2 is 2.04 bits per heavy atom. The zero-order valence-corrected chi connectivity index (χ0v) is 13.4. The van der Waals surface area contributed by atoms with Gasteiger partial charge in [0.2, 0.25) is 11.8 Å². The molecule has 8 nitrogen and oxygen atoms in total. The largest absolute Gasteiger partial charge is 0.370 e. The number of nitrogens with one attached hydrogen (secondary N) is 1. The van der Waals surface area contributed by atoms with E-state index >= 15 is 0 Å². The van der Waals surface area contributed by atoms with Crippen LogP contribution in [0, 0.1) is 0 Å². The van der Waals surface area contributed by atoms with Crippen molar-refractivity contribution in [3.63, 3.8) is 0 Å². The van der Waals surface area contributed by atoms with Gasteiger partial charge in [-0.3, -0.25) is 14.4 Å². The van der Waals surface area contributed by atoms with Gasteiger partial charge in [0.05, 0.1) is 13.2 Å². The Hall–Kier alpha value is -1.67. The average Bonchev–Trinajstić information content (AvgIpc) is 2.85. The minimum Gasteiger partial charge on any atom is -0.370 e. The van der Waals surface area contributed by atoms with Crippen molar-refractivity contribution in [2.24, 2.45) is 0 Å². The molecule has 1 N–H and O–H groups in total.